The minimum absolute atomic E-state index is 0.313. The van der Waals surface area contributed by atoms with Crippen LogP contribution in [0.25, 0.3) is 0 Å². The number of rotatable bonds is 2. The van der Waals surface area contributed by atoms with E-state index in [0.717, 1.165) is 11.6 Å². The van der Waals surface area contributed by atoms with Crippen molar-refractivity contribution in [2.75, 3.05) is 6.54 Å². The van der Waals surface area contributed by atoms with Gasteiger partial charge in [-0.25, -0.2) is 0 Å². The highest BCUT2D eigenvalue weighted by Crippen LogP contribution is 2.64. The van der Waals surface area contributed by atoms with Gasteiger partial charge in [-0.15, -0.1) is 0 Å². The standard InChI is InChI=1S/C13H18ClN/c1-8-4-5-9(11(14)6-8)12-10(7-15)13(12,2)3/h4-6,10,12H,7,15H2,1-3H3/t10-,12-/m1/s1. The van der Waals surface area contributed by atoms with E-state index in [1.165, 1.54) is 11.1 Å². The second-order valence-electron chi connectivity index (χ2n) is 5.17. The molecular formula is C13H18ClN. The molecule has 1 nitrogen and oxygen atoms in total. The zero-order valence-corrected chi connectivity index (χ0v) is 10.3. The zero-order valence-electron chi connectivity index (χ0n) is 9.55. The summed E-state index contributed by atoms with van der Waals surface area (Å²) in [5.74, 6) is 1.12. The monoisotopic (exact) mass is 223 g/mol. The molecular weight excluding hydrogens is 206 g/mol. The molecule has 0 unspecified atom stereocenters. The largest absolute Gasteiger partial charge is 0.330 e. The molecule has 82 valence electrons. The molecule has 1 aliphatic carbocycles. The highest BCUT2D eigenvalue weighted by molar-refractivity contribution is 6.31. The van der Waals surface area contributed by atoms with Crippen LogP contribution >= 0.6 is 11.6 Å². The highest BCUT2D eigenvalue weighted by atomic mass is 35.5. The van der Waals surface area contributed by atoms with Crippen molar-refractivity contribution in [3.63, 3.8) is 0 Å². The maximum atomic E-state index is 6.27. The van der Waals surface area contributed by atoms with E-state index in [-0.39, 0.29) is 0 Å². The Morgan fingerprint density at radius 3 is 2.53 bits per heavy atom. The van der Waals surface area contributed by atoms with Gasteiger partial charge in [0.1, 0.15) is 0 Å². The molecule has 2 N–H and O–H groups in total. The predicted octanol–water partition coefficient (Wildman–Crippen LogP) is 3.35. The van der Waals surface area contributed by atoms with Gasteiger partial charge in [-0.3, -0.25) is 0 Å². The van der Waals surface area contributed by atoms with Gasteiger partial charge < -0.3 is 5.73 Å². The van der Waals surface area contributed by atoms with E-state index < -0.39 is 0 Å². The summed E-state index contributed by atoms with van der Waals surface area (Å²) in [7, 11) is 0. The summed E-state index contributed by atoms with van der Waals surface area (Å²) in [6, 6.07) is 6.32. The second-order valence-corrected chi connectivity index (χ2v) is 5.57. The summed E-state index contributed by atoms with van der Waals surface area (Å²) in [5.41, 5.74) is 8.57. The van der Waals surface area contributed by atoms with Crippen LogP contribution in [0.5, 0.6) is 0 Å². The Balaban J connectivity index is 2.33. The maximum Gasteiger partial charge on any atom is 0.0443 e. The van der Waals surface area contributed by atoms with E-state index in [9.17, 15) is 0 Å². The van der Waals surface area contributed by atoms with Crippen LogP contribution in [0.1, 0.15) is 30.9 Å². The first-order valence-corrected chi connectivity index (χ1v) is 5.82. The van der Waals surface area contributed by atoms with Gasteiger partial charge in [0.2, 0.25) is 0 Å². The second kappa shape index (κ2) is 3.50. The quantitative estimate of drug-likeness (QED) is 0.818. The Morgan fingerprint density at radius 2 is 2.07 bits per heavy atom. The van der Waals surface area contributed by atoms with Crippen molar-refractivity contribution in [3.05, 3.63) is 34.3 Å². The van der Waals surface area contributed by atoms with E-state index in [1.807, 2.05) is 6.07 Å². The molecule has 1 aromatic carbocycles. The SMILES string of the molecule is Cc1ccc([C@@H]2[C@@H](CN)C2(C)C)c(Cl)c1. The van der Waals surface area contributed by atoms with Crippen molar-refractivity contribution in [1.29, 1.82) is 0 Å². The summed E-state index contributed by atoms with van der Waals surface area (Å²) >= 11 is 6.27. The number of hydrogen-bond acceptors (Lipinski definition) is 1. The average Bonchev–Trinajstić information content (AvgIpc) is 2.68. The third-order valence-electron chi connectivity index (χ3n) is 3.80. The van der Waals surface area contributed by atoms with Crippen molar-refractivity contribution >= 4 is 11.6 Å². The van der Waals surface area contributed by atoms with E-state index in [4.69, 9.17) is 17.3 Å². The Kier molecular flexibility index (Phi) is 2.56. The van der Waals surface area contributed by atoms with Gasteiger partial charge in [-0.05, 0) is 47.9 Å². The first-order chi connectivity index (χ1) is 6.98. The fourth-order valence-electron chi connectivity index (χ4n) is 2.69. The van der Waals surface area contributed by atoms with Crippen LogP contribution < -0.4 is 5.73 Å². The molecule has 1 aromatic rings. The molecule has 1 saturated carbocycles. The van der Waals surface area contributed by atoms with Crippen LogP contribution in [0.15, 0.2) is 18.2 Å². The fourth-order valence-corrected chi connectivity index (χ4v) is 3.04. The van der Waals surface area contributed by atoms with Crippen molar-refractivity contribution < 1.29 is 0 Å². The van der Waals surface area contributed by atoms with Crippen molar-refractivity contribution in [2.24, 2.45) is 17.1 Å². The highest BCUT2D eigenvalue weighted by Gasteiger charge is 2.57. The smallest absolute Gasteiger partial charge is 0.0443 e. The Bertz CT molecular complexity index is 384. The number of aryl methyl sites for hydroxylation is 1. The Morgan fingerprint density at radius 1 is 1.40 bits per heavy atom. The predicted molar refractivity (Wildman–Crippen MR) is 65.3 cm³/mol. The molecule has 1 fully saturated rings. The molecule has 0 radical (unpaired) electrons. The van der Waals surface area contributed by atoms with Crippen molar-refractivity contribution in [3.8, 4) is 0 Å². The summed E-state index contributed by atoms with van der Waals surface area (Å²) in [5, 5.41) is 0.893. The first-order valence-electron chi connectivity index (χ1n) is 5.44. The molecule has 0 bridgehead atoms. The molecule has 0 aliphatic heterocycles. The molecule has 0 spiro atoms. The van der Waals surface area contributed by atoms with Crippen LogP contribution in [-0.4, -0.2) is 6.54 Å². The van der Waals surface area contributed by atoms with Crippen LogP contribution in [-0.2, 0) is 0 Å². The lowest BCUT2D eigenvalue weighted by molar-refractivity contribution is 0.558. The topological polar surface area (TPSA) is 26.0 Å². The lowest BCUT2D eigenvalue weighted by Crippen LogP contribution is -2.05. The van der Waals surface area contributed by atoms with Gasteiger partial charge in [0, 0.05) is 5.02 Å². The van der Waals surface area contributed by atoms with Gasteiger partial charge in [0.15, 0.2) is 0 Å². The molecule has 0 amide bonds. The van der Waals surface area contributed by atoms with E-state index in [2.05, 4.69) is 32.9 Å². The lowest BCUT2D eigenvalue weighted by atomic mass is 10.0. The summed E-state index contributed by atoms with van der Waals surface area (Å²) in [4.78, 5) is 0. The molecule has 2 rings (SSSR count). The van der Waals surface area contributed by atoms with Crippen molar-refractivity contribution in [1.82, 2.24) is 0 Å². The van der Waals surface area contributed by atoms with Crippen LogP contribution in [0.2, 0.25) is 5.02 Å². The minimum Gasteiger partial charge on any atom is -0.330 e. The van der Waals surface area contributed by atoms with E-state index in [1.54, 1.807) is 0 Å². The average molecular weight is 224 g/mol. The molecule has 0 aromatic heterocycles. The number of nitrogens with two attached hydrogens (primary N) is 1. The number of hydrogen-bond donors (Lipinski definition) is 1. The van der Waals surface area contributed by atoms with Crippen LogP contribution in [0.4, 0.5) is 0 Å². The molecule has 0 saturated heterocycles. The van der Waals surface area contributed by atoms with Gasteiger partial charge in [0.05, 0.1) is 0 Å². The van der Waals surface area contributed by atoms with E-state index >= 15 is 0 Å². The summed E-state index contributed by atoms with van der Waals surface area (Å²) in [6.07, 6.45) is 0. The maximum absolute atomic E-state index is 6.27. The van der Waals surface area contributed by atoms with Crippen LogP contribution in [0.3, 0.4) is 0 Å². The third kappa shape index (κ3) is 1.68. The number of benzene rings is 1. The number of halogens is 1. The molecule has 15 heavy (non-hydrogen) atoms. The van der Waals surface area contributed by atoms with E-state index in [0.29, 0.717) is 17.3 Å². The molecule has 0 heterocycles. The third-order valence-corrected chi connectivity index (χ3v) is 4.12. The van der Waals surface area contributed by atoms with Gasteiger partial charge >= 0.3 is 0 Å². The zero-order chi connectivity index (χ0) is 11.2. The minimum atomic E-state index is 0.313. The Hall–Kier alpha value is -0.530. The van der Waals surface area contributed by atoms with Gasteiger partial charge in [-0.1, -0.05) is 37.6 Å². The van der Waals surface area contributed by atoms with Crippen molar-refractivity contribution in [2.45, 2.75) is 26.7 Å². The molecule has 2 heteroatoms. The fraction of sp³-hybridized carbons (Fsp3) is 0.538. The van der Waals surface area contributed by atoms with Gasteiger partial charge in [-0.2, -0.15) is 0 Å². The molecule has 1 aliphatic rings. The lowest BCUT2D eigenvalue weighted by Gasteiger charge is -2.06. The Labute approximate surface area is 96.6 Å². The molecule has 2 atom stereocenters. The normalized spacial score (nSPS) is 27.8. The van der Waals surface area contributed by atoms with Gasteiger partial charge in [0.25, 0.3) is 0 Å². The van der Waals surface area contributed by atoms with Crippen LogP contribution in [0, 0.1) is 18.3 Å². The first kappa shape index (κ1) is 11.0. The summed E-state index contributed by atoms with van der Waals surface area (Å²) in [6.45, 7) is 7.35. The summed E-state index contributed by atoms with van der Waals surface area (Å²) < 4.78 is 0.